The summed E-state index contributed by atoms with van der Waals surface area (Å²) in [7, 11) is 1.96. The summed E-state index contributed by atoms with van der Waals surface area (Å²) in [6, 6.07) is 13.1. The van der Waals surface area contributed by atoms with E-state index in [2.05, 4.69) is 43.5 Å². The molecular formula is C23H18F3IN4O. The monoisotopic (exact) mass is 550 g/mol. The lowest BCUT2D eigenvalue weighted by atomic mass is 10.0. The molecule has 1 atom stereocenters. The lowest BCUT2D eigenvalue weighted by Crippen LogP contribution is -2.32. The van der Waals surface area contributed by atoms with Crippen molar-refractivity contribution in [3.8, 4) is 5.75 Å². The van der Waals surface area contributed by atoms with Crippen molar-refractivity contribution in [3.05, 3.63) is 81.3 Å². The Hall–Kier alpha value is -2.82. The summed E-state index contributed by atoms with van der Waals surface area (Å²) in [6.45, 7) is 1.16. The molecule has 1 unspecified atom stereocenters. The molecule has 3 heterocycles. The van der Waals surface area contributed by atoms with Gasteiger partial charge in [0.1, 0.15) is 17.4 Å². The van der Waals surface area contributed by atoms with Crippen LogP contribution < -0.4 is 9.64 Å². The number of fused-ring (bicyclic) bond motifs is 2. The Labute approximate surface area is 196 Å². The second-order valence-electron chi connectivity index (χ2n) is 7.78. The number of aromatic nitrogens is 3. The molecule has 0 radical (unpaired) electrons. The van der Waals surface area contributed by atoms with Gasteiger partial charge in [0, 0.05) is 16.8 Å². The van der Waals surface area contributed by atoms with Crippen molar-refractivity contribution in [2.75, 3.05) is 18.5 Å². The molecule has 0 fully saturated rings. The topological polar surface area (TPSA) is 43.2 Å². The van der Waals surface area contributed by atoms with Gasteiger partial charge in [-0.15, -0.1) is 0 Å². The quantitative estimate of drug-likeness (QED) is 0.309. The Morgan fingerprint density at radius 1 is 1.09 bits per heavy atom. The Bertz CT molecular complexity index is 1290. The molecule has 0 aliphatic carbocycles. The number of ether oxygens (including phenoxy) is 1. The molecule has 0 spiro atoms. The lowest BCUT2D eigenvalue weighted by molar-refractivity contribution is -0.137. The highest BCUT2D eigenvalue weighted by molar-refractivity contribution is 14.1. The Balaban J connectivity index is 1.37. The van der Waals surface area contributed by atoms with E-state index < -0.39 is 11.7 Å². The molecule has 32 heavy (non-hydrogen) atoms. The number of anilines is 1. The number of hydrogen-bond donors (Lipinski definition) is 0. The molecule has 9 heteroatoms. The molecule has 0 N–H and O–H groups in total. The number of pyridine rings is 1. The van der Waals surface area contributed by atoms with E-state index in [4.69, 9.17) is 4.74 Å². The first-order chi connectivity index (χ1) is 15.3. The zero-order valence-corrected chi connectivity index (χ0v) is 19.1. The van der Waals surface area contributed by atoms with Crippen LogP contribution in [0.3, 0.4) is 0 Å². The second kappa shape index (κ2) is 7.95. The molecular weight excluding hydrogens is 532 g/mol. The minimum Gasteiger partial charge on any atom is -0.482 e. The van der Waals surface area contributed by atoms with Crippen LogP contribution in [0.2, 0.25) is 0 Å². The fourth-order valence-corrected chi connectivity index (χ4v) is 4.33. The maximum Gasteiger partial charge on any atom is 0.416 e. The van der Waals surface area contributed by atoms with Gasteiger partial charge in [0.05, 0.1) is 30.7 Å². The molecule has 5 nitrogen and oxygen atoms in total. The van der Waals surface area contributed by atoms with E-state index in [0.29, 0.717) is 24.4 Å². The minimum absolute atomic E-state index is 0.343. The van der Waals surface area contributed by atoms with Gasteiger partial charge in [-0.25, -0.2) is 9.97 Å². The molecule has 2 aromatic heterocycles. The molecule has 0 amide bonds. The first-order valence-electron chi connectivity index (χ1n) is 9.92. The molecule has 4 aromatic rings. The van der Waals surface area contributed by atoms with Gasteiger partial charge in [-0.05, 0) is 64.0 Å². The van der Waals surface area contributed by atoms with E-state index in [1.807, 2.05) is 36.0 Å². The van der Waals surface area contributed by atoms with Crippen molar-refractivity contribution >= 4 is 39.4 Å². The van der Waals surface area contributed by atoms with Crippen LogP contribution in [0.15, 0.2) is 61.1 Å². The number of imidazole rings is 1. The van der Waals surface area contributed by atoms with Crippen molar-refractivity contribution < 1.29 is 17.9 Å². The summed E-state index contributed by atoms with van der Waals surface area (Å²) in [4.78, 5) is 11.0. The van der Waals surface area contributed by atoms with Crippen LogP contribution in [0, 0.1) is 3.57 Å². The normalized spacial score (nSPS) is 16.2. The van der Waals surface area contributed by atoms with Gasteiger partial charge < -0.3 is 14.2 Å². The van der Waals surface area contributed by atoms with Crippen LogP contribution in [0.1, 0.15) is 22.8 Å². The average Bonchev–Trinajstić information content (AvgIpc) is 3.15. The number of rotatable bonds is 3. The van der Waals surface area contributed by atoms with Gasteiger partial charge in [-0.1, -0.05) is 18.2 Å². The summed E-state index contributed by atoms with van der Waals surface area (Å²) in [6.07, 6.45) is -1.09. The molecule has 0 saturated heterocycles. The van der Waals surface area contributed by atoms with Gasteiger partial charge in [0.15, 0.2) is 5.65 Å². The van der Waals surface area contributed by atoms with Gasteiger partial charge in [0.25, 0.3) is 0 Å². The van der Waals surface area contributed by atoms with E-state index >= 15 is 0 Å². The predicted molar refractivity (Wildman–Crippen MR) is 124 cm³/mol. The molecule has 0 bridgehead atoms. The third kappa shape index (κ3) is 4.01. The van der Waals surface area contributed by atoms with Gasteiger partial charge in [-0.3, -0.25) is 0 Å². The van der Waals surface area contributed by atoms with E-state index in [1.165, 1.54) is 12.1 Å². The summed E-state index contributed by atoms with van der Waals surface area (Å²) >= 11 is 2.22. The highest BCUT2D eigenvalue weighted by Crippen LogP contribution is 2.39. The number of likely N-dealkylation sites (N-methyl/N-ethyl adjacent to an activating group) is 1. The van der Waals surface area contributed by atoms with Crippen LogP contribution in [0.25, 0.3) is 11.2 Å². The van der Waals surface area contributed by atoms with Crippen molar-refractivity contribution in [2.24, 2.45) is 0 Å². The van der Waals surface area contributed by atoms with Crippen molar-refractivity contribution in [1.82, 2.24) is 14.5 Å². The fourth-order valence-electron chi connectivity index (χ4n) is 3.89. The first-order valence-corrected chi connectivity index (χ1v) is 11.0. The second-order valence-corrected chi connectivity index (χ2v) is 9.02. The maximum absolute atomic E-state index is 12.8. The molecule has 5 rings (SSSR count). The van der Waals surface area contributed by atoms with Crippen molar-refractivity contribution in [3.63, 3.8) is 0 Å². The predicted octanol–water partition coefficient (Wildman–Crippen LogP) is 5.67. The van der Waals surface area contributed by atoms with E-state index in [9.17, 15) is 13.2 Å². The first kappa shape index (κ1) is 21.0. The van der Waals surface area contributed by atoms with Gasteiger partial charge in [-0.2, -0.15) is 13.2 Å². The average molecular weight is 550 g/mol. The van der Waals surface area contributed by atoms with Crippen LogP contribution >= 0.6 is 22.6 Å². The maximum atomic E-state index is 12.8. The number of halogens is 4. The van der Waals surface area contributed by atoms with Gasteiger partial charge >= 0.3 is 6.18 Å². The zero-order chi connectivity index (χ0) is 22.5. The highest BCUT2D eigenvalue weighted by atomic mass is 127. The molecule has 1 aliphatic heterocycles. The minimum atomic E-state index is -4.35. The Kier molecular flexibility index (Phi) is 5.23. The zero-order valence-electron chi connectivity index (χ0n) is 17.0. The number of hydrogen-bond acceptors (Lipinski definition) is 4. The fraction of sp³-hybridized carbons (Fsp3) is 0.217. The highest BCUT2D eigenvalue weighted by Gasteiger charge is 2.31. The van der Waals surface area contributed by atoms with Crippen molar-refractivity contribution in [2.45, 2.75) is 18.8 Å². The standard InChI is InChI=1S/C23H18F3IN4O/c1-30-12-21(15-3-5-16(6-4-15)23(24,25)26)32-20-7-2-14(8-19(20)30)11-31-13-29-18-9-17(27)10-28-22(18)31/h2-10,13,21H,11-12H2,1H3. The van der Waals surface area contributed by atoms with Crippen LogP contribution in [0.5, 0.6) is 5.75 Å². The summed E-state index contributed by atoms with van der Waals surface area (Å²) in [5.41, 5.74) is 3.76. The van der Waals surface area contributed by atoms with Crippen LogP contribution in [-0.4, -0.2) is 28.1 Å². The smallest absolute Gasteiger partial charge is 0.416 e. The van der Waals surface area contributed by atoms with Crippen molar-refractivity contribution in [1.29, 1.82) is 0 Å². The SMILES string of the molecule is CN1CC(c2ccc(C(F)(F)F)cc2)Oc2ccc(Cn3cnc4cc(I)cnc43)cc21. The lowest BCUT2D eigenvalue weighted by Gasteiger charge is -2.34. The summed E-state index contributed by atoms with van der Waals surface area (Å²) in [5, 5.41) is 0. The summed E-state index contributed by atoms with van der Waals surface area (Å²) in [5.74, 6) is 0.704. The van der Waals surface area contributed by atoms with Crippen LogP contribution in [0.4, 0.5) is 18.9 Å². The number of alkyl halides is 3. The largest absolute Gasteiger partial charge is 0.482 e. The molecule has 0 saturated carbocycles. The third-order valence-electron chi connectivity index (χ3n) is 5.53. The summed E-state index contributed by atoms with van der Waals surface area (Å²) < 4.78 is 47.7. The van der Waals surface area contributed by atoms with Crippen LogP contribution in [-0.2, 0) is 12.7 Å². The third-order valence-corrected chi connectivity index (χ3v) is 6.12. The van der Waals surface area contributed by atoms with E-state index in [0.717, 1.165) is 38.1 Å². The number of benzene rings is 2. The van der Waals surface area contributed by atoms with Gasteiger partial charge in [0.2, 0.25) is 0 Å². The molecule has 1 aliphatic rings. The van der Waals surface area contributed by atoms with E-state index in [-0.39, 0.29) is 6.10 Å². The number of nitrogens with zero attached hydrogens (tertiary/aromatic N) is 4. The van der Waals surface area contributed by atoms with E-state index in [1.54, 1.807) is 6.33 Å². The Morgan fingerprint density at radius 3 is 2.62 bits per heavy atom. The Morgan fingerprint density at radius 2 is 1.88 bits per heavy atom. The molecule has 164 valence electrons. The molecule has 2 aromatic carbocycles.